The van der Waals surface area contributed by atoms with Crippen molar-refractivity contribution in [3.05, 3.63) is 23.8 Å². The molecule has 0 radical (unpaired) electrons. The third-order valence-electron chi connectivity index (χ3n) is 4.84. The van der Waals surface area contributed by atoms with Gasteiger partial charge < -0.3 is 10.6 Å². The normalized spacial score (nSPS) is 30.2. The molecule has 0 unspecified atom stereocenters. The molecule has 2 aliphatic rings. The van der Waals surface area contributed by atoms with Gasteiger partial charge in [-0.3, -0.25) is 4.79 Å². The zero-order chi connectivity index (χ0) is 13.5. The van der Waals surface area contributed by atoms with E-state index in [2.05, 4.69) is 30.5 Å². The van der Waals surface area contributed by atoms with Crippen LogP contribution in [0.2, 0.25) is 0 Å². The predicted octanol–water partition coefficient (Wildman–Crippen LogP) is 3.56. The average molecular weight is 258 g/mol. The molecule has 3 nitrogen and oxygen atoms in total. The summed E-state index contributed by atoms with van der Waals surface area (Å²) in [5, 5.41) is 6.65. The summed E-state index contributed by atoms with van der Waals surface area (Å²) in [5.74, 6) is 0.960. The predicted molar refractivity (Wildman–Crippen MR) is 78.4 cm³/mol. The minimum atomic E-state index is -0.210. The second kappa shape index (κ2) is 4.55. The zero-order valence-electron chi connectivity index (χ0n) is 11.8. The van der Waals surface area contributed by atoms with Crippen molar-refractivity contribution in [2.45, 2.75) is 39.5 Å². The van der Waals surface area contributed by atoms with Crippen molar-refractivity contribution in [1.29, 1.82) is 0 Å². The van der Waals surface area contributed by atoms with Crippen LogP contribution in [-0.4, -0.2) is 12.5 Å². The van der Waals surface area contributed by atoms with Crippen molar-refractivity contribution in [3.8, 4) is 0 Å². The van der Waals surface area contributed by atoms with Crippen molar-refractivity contribution in [2.24, 2.45) is 11.3 Å². The highest BCUT2D eigenvalue weighted by Gasteiger charge is 2.42. The van der Waals surface area contributed by atoms with Crippen LogP contribution in [0.25, 0.3) is 0 Å². The summed E-state index contributed by atoms with van der Waals surface area (Å²) in [6.45, 7) is 5.14. The summed E-state index contributed by atoms with van der Waals surface area (Å²) in [6, 6.07) is 6.06. The quantitative estimate of drug-likeness (QED) is 0.747. The molecule has 1 amide bonds. The van der Waals surface area contributed by atoms with Crippen LogP contribution in [0, 0.1) is 18.3 Å². The fourth-order valence-corrected chi connectivity index (χ4v) is 3.32. The molecule has 1 heterocycles. The van der Waals surface area contributed by atoms with Crippen molar-refractivity contribution in [3.63, 3.8) is 0 Å². The first-order valence-corrected chi connectivity index (χ1v) is 7.26. The molecule has 3 heteroatoms. The van der Waals surface area contributed by atoms with Gasteiger partial charge in [0.1, 0.15) is 0 Å². The Labute approximate surface area is 114 Å². The van der Waals surface area contributed by atoms with E-state index in [1.165, 1.54) is 5.56 Å². The molecule has 1 aromatic carbocycles. The second-order valence-corrected chi connectivity index (χ2v) is 6.27. The third-order valence-corrected chi connectivity index (χ3v) is 4.84. The van der Waals surface area contributed by atoms with Gasteiger partial charge in [-0.05, 0) is 50.2 Å². The molecule has 2 N–H and O–H groups in total. The molecule has 0 bridgehead atoms. The third kappa shape index (κ3) is 2.11. The van der Waals surface area contributed by atoms with Gasteiger partial charge in [-0.25, -0.2) is 0 Å². The van der Waals surface area contributed by atoms with Crippen LogP contribution in [0.3, 0.4) is 0 Å². The second-order valence-electron chi connectivity index (χ2n) is 6.27. The van der Waals surface area contributed by atoms with Crippen molar-refractivity contribution in [2.75, 3.05) is 17.2 Å². The smallest absolute Gasteiger partial charge is 0.232 e. The van der Waals surface area contributed by atoms with Crippen LogP contribution in [0.1, 0.15) is 38.2 Å². The number of hydrogen-bond donors (Lipinski definition) is 2. The Morgan fingerprint density at radius 3 is 2.74 bits per heavy atom. The lowest BCUT2D eigenvalue weighted by molar-refractivity contribution is -0.126. The number of carbonyl (C=O) groups excluding carboxylic acids is 1. The fourth-order valence-electron chi connectivity index (χ4n) is 3.32. The molecule has 0 aromatic heterocycles. The Balaban J connectivity index is 1.90. The monoisotopic (exact) mass is 258 g/mol. The number of rotatable bonds is 0. The molecule has 1 fully saturated rings. The lowest BCUT2D eigenvalue weighted by Gasteiger charge is -2.36. The molecule has 1 aromatic rings. The van der Waals surface area contributed by atoms with Crippen LogP contribution >= 0.6 is 0 Å². The van der Waals surface area contributed by atoms with Gasteiger partial charge in [0.2, 0.25) is 5.91 Å². The first kappa shape index (κ1) is 12.5. The summed E-state index contributed by atoms with van der Waals surface area (Å²) in [5.41, 5.74) is 3.00. The van der Waals surface area contributed by atoms with E-state index in [9.17, 15) is 4.79 Å². The van der Waals surface area contributed by atoms with E-state index >= 15 is 0 Å². The number of para-hydroxylation sites is 1. The summed E-state index contributed by atoms with van der Waals surface area (Å²) < 4.78 is 0. The Bertz CT molecular complexity index is 501. The summed E-state index contributed by atoms with van der Waals surface area (Å²) in [7, 11) is 0. The number of carbonyl (C=O) groups is 1. The summed E-state index contributed by atoms with van der Waals surface area (Å²) in [4.78, 5) is 12.6. The van der Waals surface area contributed by atoms with Crippen LogP contribution in [-0.2, 0) is 4.79 Å². The number of fused-ring (bicyclic) bond motifs is 1. The van der Waals surface area contributed by atoms with Crippen molar-refractivity contribution < 1.29 is 4.79 Å². The Hall–Kier alpha value is -1.51. The van der Waals surface area contributed by atoms with Gasteiger partial charge in [0, 0.05) is 6.54 Å². The standard InChI is InChI=1S/C16H22N2O/c1-11-6-8-16(9-7-11)10-17-14-12(2)4-3-5-13(14)18-15(16)19/h3-5,11,17H,6-10H2,1-2H3,(H,18,19). The van der Waals surface area contributed by atoms with Crippen LogP contribution in [0.4, 0.5) is 11.4 Å². The van der Waals surface area contributed by atoms with E-state index in [4.69, 9.17) is 0 Å². The topological polar surface area (TPSA) is 41.1 Å². The Morgan fingerprint density at radius 1 is 1.26 bits per heavy atom. The lowest BCUT2D eigenvalue weighted by atomic mass is 9.70. The minimum Gasteiger partial charge on any atom is -0.382 e. The largest absolute Gasteiger partial charge is 0.382 e. The first-order chi connectivity index (χ1) is 9.11. The van der Waals surface area contributed by atoms with Gasteiger partial charge in [-0.15, -0.1) is 0 Å². The van der Waals surface area contributed by atoms with Crippen LogP contribution in [0.15, 0.2) is 18.2 Å². The molecule has 1 aliphatic heterocycles. The van der Waals surface area contributed by atoms with Gasteiger partial charge in [0.15, 0.2) is 0 Å². The van der Waals surface area contributed by atoms with Gasteiger partial charge in [-0.2, -0.15) is 0 Å². The molecule has 1 spiro atoms. The SMILES string of the molecule is Cc1cccc2c1NCC1(CCC(C)CC1)C(=O)N2. The fraction of sp³-hybridized carbons (Fsp3) is 0.562. The Morgan fingerprint density at radius 2 is 2.00 bits per heavy atom. The van der Waals surface area contributed by atoms with E-state index in [1.807, 2.05) is 12.1 Å². The molecule has 0 saturated heterocycles. The van der Waals surface area contributed by atoms with E-state index in [-0.39, 0.29) is 11.3 Å². The van der Waals surface area contributed by atoms with E-state index in [1.54, 1.807) is 0 Å². The number of benzene rings is 1. The summed E-state index contributed by atoms with van der Waals surface area (Å²) >= 11 is 0. The summed E-state index contributed by atoms with van der Waals surface area (Å²) in [6.07, 6.45) is 4.31. The molecule has 19 heavy (non-hydrogen) atoms. The van der Waals surface area contributed by atoms with Gasteiger partial charge in [0.05, 0.1) is 16.8 Å². The number of amides is 1. The lowest BCUT2D eigenvalue weighted by Crippen LogP contribution is -2.42. The molecule has 102 valence electrons. The van der Waals surface area contributed by atoms with E-state index in [0.717, 1.165) is 49.5 Å². The Kier molecular flexibility index (Phi) is 3.00. The van der Waals surface area contributed by atoms with Gasteiger partial charge >= 0.3 is 0 Å². The molecule has 0 atom stereocenters. The first-order valence-electron chi connectivity index (χ1n) is 7.26. The maximum atomic E-state index is 12.6. The van der Waals surface area contributed by atoms with Crippen molar-refractivity contribution in [1.82, 2.24) is 0 Å². The molecular formula is C16H22N2O. The molecule has 1 aliphatic carbocycles. The maximum absolute atomic E-state index is 12.6. The van der Waals surface area contributed by atoms with Gasteiger partial charge in [0.25, 0.3) is 0 Å². The number of hydrogen-bond acceptors (Lipinski definition) is 2. The number of nitrogens with one attached hydrogen (secondary N) is 2. The minimum absolute atomic E-state index is 0.205. The van der Waals surface area contributed by atoms with E-state index < -0.39 is 0 Å². The highest BCUT2D eigenvalue weighted by Crippen LogP contribution is 2.42. The van der Waals surface area contributed by atoms with Gasteiger partial charge in [-0.1, -0.05) is 19.1 Å². The zero-order valence-corrected chi connectivity index (χ0v) is 11.8. The molecule has 3 rings (SSSR count). The molecular weight excluding hydrogens is 236 g/mol. The highest BCUT2D eigenvalue weighted by molar-refractivity contribution is 6.00. The number of aryl methyl sites for hydroxylation is 1. The van der Waals surface area contributed by atoms with E-state index in [0.29, 0.717) is 0 Å². The number of anilines is 2. The molecule has 1 saturated carbocycles. The van der Waals surface area contributed by atoms with Crippen molar-refractivity contribution >= 4 is 17.3 Å². The highest BCUT2D eigenvalue weighted by atomic mass is 16.2. The maximum Gasteiger partial charge on any atom is 0.232 e. The van der Waals surface area contributed by atoms with Crippen LogP contribution in [0.5, 0.6) is 0 Å². The average Bonchev–Trinajstić information content (AvgIpc) is 2.53. The van der Waals surface area contributed by atoms with Crippen LogP contribution < -0.4 is 10.6 Å².